The van der Waals surface area contributed by atoms with Gasteiger partial charge in [-0.05, 0) is 49.6 Å². The van der Waals surface area contributed by atoms with Gasteiger partial charge in [0.1, 0.15) is 5.75 Å². The van der Waals surface area contributed by atoms with Crippen molar-refractivity contribution >= 4 is 54.3 Å². The van der Waals surface area contributed by atoms with Crippen LogP contribution in [0.5, 0.6) is 5.75 Å². The Morgan fingerprint density at radius 2 is 1.14 bits per heavy atom. The molecule has 156 valence electrons. The Labute approximate surface area is 186 Å². The maximum absolute atomic E-state index is 10.4. The topological polar surface area (TPSA) is 30.0 Å². The van der Waals surface area contributed by atoms with Crippen LogP contribution in [0.3, 0.4) is 0 Å². The second kappa shape index (κ2) is 11.5. The maximum Gasteiger partial charge on any atom is 0.139 e. The lowest BCUT2D eigenvalue weighted by Gasteiger charge is -2.38. The van der Waals surface area contributed by atoms with Crippen molar-refractivity contribution in [2.45, 2.75) is 19.3 Å². The van der Waals surface area contributed by atoms with Crippen LogP contribution in [-0.4, -0.2) is 44.4 Å². The number of aromatic hydroxyl groups is 1. The van der Waals surface area contributed by atoms with Crippen LogP contribution in [0, 0.1) is 0 Å². The van der Waals surface area contributed by atoms with Crippen LogP contribution in [-0.2, 0) is 0 Å². The quantitative estimate of drug-likeness (QED) is 0.720. The van der Waals surface area contributed by atoms with E-state index in [-0.39, 0.29) is 37.2 Å². The first kappa shape index (κ1) is 24.5. The minimum absolute atomic E-state index is 0. The van der Waals surface area contributed by atoms with Gasteiger partial charge in [-0.1, -0.05) is 18.2 Å². The van der Waals surface area contributed by atoms with Gasteiger partial charge < -0.3 is 19.8 Å². The van der Waals surface area contributed by atoms with E-state index in [4.69, 9.17) is 0 Å². The molecule has 0 aliphatic carbocycles. The molecule has 1 N–H and O–H groups in total. The van der Waals surface area contributed by atoms with Crippen molar-refractivity contribution in [3.8, 4) is 5.75 Å². The molecule has 28 heavy (non-hydrogen) atoms. The third-order valence-corrected chi connectivity index (χ3v) is 5.42. The van der Waals surface area contributed by atoms with Crippen LogP contribution in [0.4, 0.5) is 17.1 Å². The second-order valence-corrected chi connectivity index (χ2v) is 7.03. The summed E-state index contributed by atoms with van der Waals surface area (Å²) in [5, 5.41) is 10.4. The number of hydrogen-bond acceptors (Lipinski definition) is 4. The molecule has 0 bridgehead atoms. The zero-order chi connectivity index (χ0) is 17.1. The molecule has 0 atom stereocenters. The molecule has 0 unspecified atom stereocenters. The summed E-state index contributed by atoms with van der Waals surface area (Å²) in [7, 11) is 0. The zero-order valence-corrected chi connectivity index (χ0v) is 18.4. The fourth-order valence-corrected chi connectivity index (χ4v) is 3.96. The highest BCUT2D eigenvalue weighted by molar-refractivity contribution is 5.86. The summed E-state index contributed by atoms with van der Waals surface area (Å²) >= 11 is 0. The summed E-state index contributed by atoms with van der Waals surface area (Å²) < 4.78 is 0. The zero-order valence-electron chi connectivity index (χ0n) is 16.0. The van der Waals surface area contributed by atoms with Crippen molar-refractivity contribution in [3.05, 3.63) is 48.5 Å². The number of anilines is 3. The molecule has 2 aromatic carbocycles. The number of rotatable bonds is 3. The van der Waals surface area contributed by atoms with Gasteiger partial charge in [-0.2, -0.15) is 0 Å². The number of phenolic OH excluding ortho intramolecular Hbond substituents is 1. The van der Waals surface area contributed by atoms with E-state index in [0.717, 1.165) is 45.0 Å². The number of piperidine rings is 1. The van der Waals surface area contributed by atoms with E-state index >= 15 is 0 Å². The molecule has 4 nitrogen and oxygen atoms in total. The number of halogens is 3. The number of hydrogen-bond donors (Lipinski definition) is 1. The summed E-state index contributed by atoms with van der Waals surface area (Å²) in [6.07, 6.45) is 3.88. The summed E-state index contributed by atoms with van der Waals surface area (Å²) in [4.78, 5) is 7.19. The molecule has 2 aromatic rings. The Kier molecular flexibility index (Phi) is 10.1. The lowest BCUT2D eigenvalue weighted by molar-refractivity contribution is 0.472. The number of nitrogens with zero attached hydrogens (tertiary/aromatic N) is 3. The molecule has 2 aliphatic rings. The van der Waals surface area contributed by atoms with Crippen LogP contribution < -0.4 is 14.7 Å². The first-order valence-electron chi connectivity index (χ1n) is 9.44. The van der Waals surface area contributed by atoms with Crippen molar-refractivity contribution in [1.82, 2.24) is 0 Å². The highest BCUT2D eigenvalue weighted by Crippen LogP contribution is 2.34. The monoisotopic (exact) mass is 445 g/mol. The summed E-state index contributed by atoms with van der Waals surface area (Å²) in [5.41, 5.74) is 3.52. The van der Waals surface area contributed by atoms with Gasteiger partial charge in [0.25, 0.3) is 0 Å². The fraction of sp³-hybridized carbons (Fsp3) is 0.429. The Balaban J connectivity index is 0.00000131. The van der Waals surface area contributed by atoms with Gasteiger partial charge in [-0.25, -0.2) is 0 Å². The van der Waals surface area contributed by atoms with Crippen molar-refractivity contribution in [1.29, 1.82) is 0 Å². The number of phenols is 1. The van der Waals surface area contributed by atoms with Crippen LogP contribution in [0.25, 0.3) is 0 Å². The van der Waals surface area contributed by atoms with Gasteiger partial charge in [0.15, 0.2) is 0 Å². The van der Waals surface area contributed by atoms with Crippen molar-refractivity contribution < 1.29 is 5.11 Å². The third kappa shape index (κ3) is 5.53. The Hall–Kier alpha value is -1.49. The molecular weight excluding hydrogens is 417 g/mol. The van der Waals surface area contributed by atoms with E-state index in [1.807, 2.05) is 6.07 Å². The molecule has 0 aromatic heterocycles. The van der Waals surface area contributed by atoms with E-state index < -0.39 is 0 Å². The Bertz CT molecular complexity index is 703. The number of para-hydroxylation sites is 1. The highest BCUT2D eigenvalue weighted by atomic mass is 35.5. The Morgan fingerprint density at radius 1 is 0.571 bits per heavy atom. The normalized spacial score (nSPS) is 16.5. The van der Waals surface area contributed by atoms with Gasteiger partial charge in [-0.15, -0.1) is 37.2 Å². The van der Waals surface area contributed by atoms with E-state index in [1.165, 1.54) is 30.6 Å². The largest absolute Gasteiger partial charge is 0.506 e. The molecule has 0 spiro atoms. The average molecular weight is 447 g/mol. The summed E-state index contributed by atoms with van der Waals surface area (Å²) in [6.45, 7) is 6.10. The fourth-order valence-electron chi connectivity index (χ4n) is 3.96. The van der Waals surface area contributed by atoms with Gasteiger partial charge in [0, 0.05) is 50.6 Å². The first-order chi connectivity index (χ1) is 12.3. The van der Waals surface area contributed by atoms with Gasteiger partial charge in [-0.3, -0.25) is 0 Å². The van der Waals surface area contributed by atoms with Gasteiger partial charge in [0.2, 0.25) is 0 Å². The summed E-state index contributed by atoms with van der Waals surface area (Å²) in [6, 6.07) is 16.7. The van der Waals surface area contributed by atoms with E-state index in [0.29, 0.717) is 5.75 Å². The molecule has 0 saturated carbocycles. The van der Waals surface area contributed by atoms with E-state index in [1.54, 1.807) is 0 Å². The molecular formula is C21H30Cl3N3O. The van der Waals surface area contributed by atoms with Crippen molar-refractivity contribution in [2.75, 3.05) is 54.0 Å². The SMILES string of the molecule is Cl.Cl.Cl.Oc1ccc(N2CCCCC2)cc1N1CCN(c2ccccc2)CC1. The predicted octanol–water partition coefficient (Wildman–Crippen LogP) is 4.97. The molecule has 0 amide bonds. The number of piperazine rings is 1. The molecule has 4 rings (SSSR count). The first-order valence-corrected chi connectivity index (χ1v) is 9.44. The summed E-state index contributed by atoms with van der Waals surface area (Å²) in [5.74, 6) is 0.397. The predicted molar refractivity (Wildman–Crippen MR) is 127 cm³/mol. The second-order valence-electron chi connectivity index (χ2n) is 7.03. The standard InChI is InChI=1S/C21H27N3O.3ClH/c25-21-10-9-19(22-11-5-2-6-12-22)17-20(21)24-15-13-23(14-16-24)18-7-3-1-4-8-18;;;/h1,3-4,7-10,17,25H,2,5-6,11-16H2;3*1H. The smallest absolute Gasteiger partial charge is 0.139 e. The van der Waals surface area contributed by atoms with Crippen molar-refractivity contribution in [2.24, 2.45) is 0 Å². The lowest BCUT2D eigenvalue weighted by atomic mass is 10.1. The molecule has 0 radical (unpaired) electrons. The molecule has 7 heteroatoms. The molecule has 2 saturated heterocycles. The maximum atomic E-state index is 10.4. The van der Waals surface area contributed by atoms with Crippen LogP contribution >= 0.6 is 37.2 Å². The molecule has 2 aliphatic heterocycles. The van der Waals surface area contributed by atoms with Crippen LogP contribution in [0.2, 0.25) is 0 Å². The molecule has 2 fully saturated rings. The van der Waals surface area contributed by atoms with Crippen molar-refractivity contribution in [3.63, 3.8) is 0 Å². The van der Waals surface area contributed by atoms with Crippen LogP contribution in [0.1, 0.15) is 19.3 Å². The minimum atomic E-state index is 0. The lowest BCUT2D eigenvalue weighted by Crippen LogP contribution is -2.46. The third-order valence-electron chi connectivity index (χ3n) is 5.42. The average Bonchev–Trinajstić information content (AvgIpc) is 2.70. The number of benzene rings is 2. The van der Waals surface area contributed by atoms with E-state index in [2.05, 4.69) is 57.2 Å². The minimum Gasteiger partial charge on any atom is -0.506 e. The van der Waals surface area contributed by atoms with Gasteiger partial charge >= 0.3 is 0 Å². The van der Waals surface area contributed by atoms with E-state index in [9.17, 15) is 5.11 Å². The molecule has 2 heterocycles. The van der Waals surface area contributed by atoms with Gasteiger partial charge in [0.05, 0.1) is 5.69 Å². The Morgan fingerprint density at radius 3 is 1.79 bits per heavy atom. The van der Waals surface area contributed by atoms with Crippen LogP contribution in [0.15, 0.2) is 48.5 Å². The highest BCUT2D eigenvalue weighted by Gasteiger charge is 2.21.